The molecule has 1 aromatic rings. The first-order valence-electron chi connectivity index (χ1n) is 5.74. The molecule has 1 saturated heterocycles. The van der Waals surface area contributed by atoms with E-state index in [2.05, 4.69) is 0 Å². The molecule has 2 unspecified atom stereocenters. The lowest BCUT2D eigenvalue weighted by molar-refractivity contribution is 0.101. The van der Waals surface area contributed by atoms with Crippen LogP contribution in [0.3, 0.4) is 0 Å². The lowest BCUT2D eigenvalue weighted by atomic mass is 10.0. The van der Waals surface area contributed by atoms with Crippen LogP contribution in [0.15, 0.2) is 22.8 Å². The Morgan fingerprint density at radius 2 is 2.47 bits per heavy atom. The Bertz CT molecular complexity index is 265. The molecule has 3 heteroatoms. The summed E-state index contributed by atoms with van der Waals surface area (Å²) in [5.74, 6) is 0.981. The number of furan rings is 1. The van der Waals surface area contributed by atoms with Crippen LogP contribution in [0.1, 0.15) is 31.4 Å². The third-order valence-corrected chi connectivity index (χ3v) is 2.93. The molecule has 15 heavy (non-hydrogen) atoms. The maximum absolute atomic E-state index is 6.03. The molecule has 1 aliphatic heterocycles. The number of ether oxygens (including phenoxy) is 1. The SMILES string of the molecule is NC(CCC1CCCO1)Cc1ccco1. The van der Waals surface area contributed by atoms with Crippen LogP contribution in [0.25, 0.3) is 0 Å². The van der Waals surface area contributed by atoms with Crippen LogP contribution >= 0.6 is 0 Å². The number of rotatable bonds is 5. The van der Waals surface area contributed by atoms with E-state index in [-0.39, 0.29) is 6.04 Å². The minimum Gasteiger partial charge on any atom is -0.469 e. The van der Waals surface area contributed by atoms with Crippen LogP contribution in [0, 0.1) is 0 Å². The number of hydrogen-bond donors (Lipinski definition) is 1. The van der Waals surface area contributed by atoms with Crippen LogP contribution in [0.4, 0.5) is 0 Å². The summed E-state index contributed by atoms with van der Waals surface area (Å²) >= 11 is 0. The van der Waals surface area contributed by atoms with E-state index >= 15 is 0 Å². The standard InChI is InChI=1S/C12H19NO2/c13-10(9-12-4-2-8-15-12)5-6-11-3-1-7-14-11/h2,4,8,10-11H,1,3,5-7,9,13H2. The van der Waals surface area contributed by atoms with Gasteiger partial charge in [-0.1, -0.05) is 0 Å². The summed E-state index contributed by atoms with van der Waals surface area (Å²) in [5.41, 5.74) is 6.03. The second-order valence-corrected chi connectivity index (χ2v) is 4.26. The van der Waals surface area contributed by atoms with Gasteiger partial charge in [-0.05, 0) is 37.8 Å². The molecule has 3 nitrogen and oxygen atoms in total. The minimum atomic E-state index is 0.195. The average molecular weight is 209 g/mol. The van der Waals surface area contributed by atoms with E-state index in [9.17, 15) is 0 Å². The lowest BCUT2D eigenvalue weighted by Crippen LogP contribution is -2.24. The van der Waals surface area contributed by atoms with Gasteiger partial charge in [0.1, 0.15) is 5.76 Å². The van der Waals surface area contributed by atoms with Crippen molar-refractivity contribution < 1.29 is 9.15 Å². The highest BCUT2D eigenvalue weighted by atomic mass is 16.5. The largest absolute Gasteiger partial charge is 0.469 e. The van der Waals surface area contributed by atoms with Gasteiger partial charge < -0.3 is 14.9 Å². The molecular weight excluding hydrogens is 190 g/mol. The lowest BCUT2D eigenvalue weighted by Gasteiger charge is -2.13. The first kappa shape index (κ1) is 10.7. The summed E-state index contributed by atoms with van der Waals surface area (Å²) in [5, 5.41) is 0. The van der Waals surface area contributed by atoms with Gasteiger partial charge in [0.25, 0.3) is 0 Å². The molecule has 2 rings (SSSR count). The monoisotopic (exact) mass is 209 g/mol. The van der Waals surface area contributed by atoms with Gasteiger partial charge in [-0.3, -0.25) is 0 Å². The van der Waals surface area contributed by atoms with Gasteiger partial charge in [0, 0.05) is 19.1 Å². The Hall–Kier alpha value is -0.800. The maximum Gasteiger partial charge on any atom is 0.105 e. The van der Waals surface area contributed by atoms with Crippen molar-refractivity contribution in [2.24, 2.45) is 5.73 Å². The molecule has 2 N–H and O–H groups in total. The highest BCUT2D eigenvalue weighted by molar-refractivity contribution is 5.00. The van der Waals surface area contributed by atoms with E-state index in [4.69, 9.17) is 14.9 Å². The maximum atomic E-state index is 6.03. The quantitative estimate of drug-likeness (QED) is 0.808. The summed E-state index contributed by atoms with van der Waals surface area (Å²) in [6.45, 7) is 0.929. The molecule has 2 atom stereocenters. The Balaban J connectivity index is 1.66. The van der Waals surface area contributed by atoms with E-state index in [0.717, 1.165) is 31.6 Å². The molecule has 0 aromatic carbocycles. The molecule has 0 saturated carbocycles. The smallest absolute Gasteiger partial charge is 0.105 e. The molecule has 0 radical (unpaired) electrons. The van der Waals surface area contributed by atoms with Gasteiger partial charge in [-0.25, -0.2) is 0 Å². The van der Waals surface area contributed by atoms with E-state index in [1.165, 1.54) is 12.8 Å². The number of hydrogen-bond acceptors (Lipinski definition) is 3. The molecule has 0 bridgehead atoms. The van der Waals surface area contributed by atoms with Crippen LogP contribution in [0.5, 0.6) is 0 Å². The van der Waals surface area contributed by atoms with Crippen LogP contribution in [0.2, 0.25) is 0 Å². The summed E-state index contributed by atoms with van der Waals surface area (Å²) in [4.78, 5) is 0. The molecule has 2 heterocycles. The van der Waals surface area contributed by atoms with Crippen molar-refractivity contribution in [1.29, 1.82) is 0 Å². The van der Waals surface area contributed by atoms with Gasteiger partial charge in [-0.2, -0.15) is 0 Å². The van der Waals surface area contributed by atoms with Crippen LogP contribution in [-0.2, 0) is 11.2 Å². The Kier molecular flexibility index (Phi) is 3.80. The van der Waals surface area contributed by atoms with E-state index in [1.54, 1.807) is 6.26 Å². The first-order valence-corrected chi connectivity index (χ1v) is 5.74. The predicted octanol–water partition coefficient (Wildman–Crippen LogP) is 2.11. The first-order chi connectivity index (χ1) is 7.34. The fourth-order valence-electron chi connectivity index (χ4n) is 2.06. The van der Waals surface area contributed by atoms with Gasteiger partial charge in [-0.15, -0.1) is 0 Å². The van der Waals surface area contributed by atoms with Gasteiger partial charge >= 0.3 is 0 Å². The molecule has 0 amide bonds. The molecular formula is C12H19NO2. The van der Waals surface area contributed by atoms with Crippen molar-refractivity contribution in [2.45, 2.75) is 44.2 Å². The van der Waals surface area contributed by atoms with Crippen molar-refractivity contribution in [3.63, 3.8) is 0 Å². The second-order valence-electron chi connectivity index (χ2n) is 4.26. The zero-order chi connectivity index (χ0) is 10.5. The van der Waals surface area contributed by atoms with Crippen LogP contribution < -0.4 is 5.73 Å². The Morgan fingerprint density at radius 1 is 1.53 bits per heavy atom. The summed E-state index contributed by atoms with van der Waals surface area (Å²) in [6.07, 6.45) is 7.49. The molecule has 1 aliphatic rings. The highest BCUT2D eigenvalue weighted by Gasteiger charge is 2.16. The molecule has 1 aromatic heterocycles. The van der Waals surface area contributed by atoms with Crippen molar-refractivity contribution in [3.8, 4) is 0 Å². The molecule has 84 valence electrons. The highest BCUT2D eigenvalue weighted by Crippen LogP contribution is 2.18. The number of nitrogens with two attached hydrogens (primary N) is 1. The topological polar surface area (TPSA) is 48.4 Å². The fourth-order valence-corrected chi connectivity index (χ4v) is 2.06. The molecule has 0 aliphatic carbocycles. The normalized spacial score (nSPS) is 23.1. The third-order valence-electron chi connectivity index (χ3n) is 2.93. The summed E-state index contributed by atoms with van der Waals surface area (Å²) < 4.78 is 10.8. The van der Waals surface area contributed by atoms with Crippen LogP contribution in [-0.4, -0.2) is 18.8 Å². The average Bonchev–Trinajstić information content (AvgIpc) is 2.86. The van der Waals surface area contributed by atoms with E-state index in [1.807, 2.05) is 12.1 Å². The van der Waals surface area contributed by atoms with Crippen molar-refractivity contribution in [3.05, 3.63) is 24.2 Å². The zero-order valence-corrected chi connectivity index (χ0v) is 9.02. The Labute approximate surface area is 90.6 Å². The summed E-state index contributed by atoms with van der Waals surface area (Å²) in [7, 11) is 0. The minimum absolute atomic E-state index is 0.195. The molecule has 1 fully saturated rings. The van der Waals surface area contributed by atoms with Gasteiger partial charge in [0.15, 0.2) is 0 Å². The van der Waals surface area contributed by atoms with E-state index in [0.29, 0.717) is 6.10 Å². The fraction of sp³-hybridized carbons (Fsp3) is 0.667. The predicted molar refractivity (Wildman–Crippen MR) is 58.6 cm³/mol. The van der Waals surface area contributed by atoms with Crippen molar-refractivity contribution in [2.75, 3.05) is 6.61 Å². The van der Waals surface area contributed by atoms with Gasteiger partial charge in [0.05, 0.1) is 12.4 Å². The third kappa shape index (κ3) is 3.36. The molecule has 0 spiro atoms. The van der Waals surface area contributed by atoms with E-state index < -0.39 is 0 Å². The van der Waals surface area contributed by atoms with Crippen molar-refractivity contribution >= 4 is 0 Å². The van der Waals surface area contributed by atoms with Gasteiger partial charge in [0.2, 0.25) is 0 Å². The summed E-state index contributed by atoms with van der Waals surface area (Å²) in [6, 6.07) is 4.08. The Morgan fingerprint density at radius 3 is 3.13 bits per heavy atom. The second kappa shape index (κ2) is 5.33. The van der Waals surface area contributed by atoms with Crippen molar-refractivity contribution in [1.82, 2.24) is 0 Å². The zero-order valence-electron chi connectivity index (χ0n) is 9.02.